The van der Waals surface area contributed by atoms with Crippen LogP contribution in [0.4, 0.5) is 5.69 Å². The highest BCUT2D eigenvalue weighted by Crippen LogP contribution is 2.51. The standard InChI is InChI=1S/C31H34N2O5S/c1-3-16-33(19-22-5-6-22)39(35,36)26-11-7-23(8-12-26)27-18-25(10-4-21(27)2)32-30(34)31(14-15-31)24-9-13-28-29(17-24)38-20-37-28/h4,7-13,17-18,22H,3,5-6,14-16,19-20H2,1-2H3,(H,32,34). The summed E-state index contributed by atoms with van der Waals surface area (Å²) in [5, 5.41) is 3.12. The minimum Gasteiger partial charge on any atom is -0.454 e. The van der Waals surface area contributed by atoms with Crippen LogP contribution in [0.5, 0.6) is 11.5 Å². The molecule has 1 heterocycles. The summed E-state index contributed by atoms with van der Waals surface area (Å²) in [6.07, 6.45) is 4.57. The Balaban J connectivity index is 1.21. The molecule has 0 bridgehead atoms. The lowest BCUT2D eigenvalue weighted by molar-refractivity contribution is -0.118. The van der Waals surface area contributed by atoms with Crippen LogP contribution >= 0.6 is 0 Å². The number of hydrogen-bond donors (Lipinski definition) is 1. The molecule has 0 atom stereocenters. The van der Waals surface area contributed by atoms with Crippen molar-refractivity contribution in [3.8, 4) is 22.6 Å². The van der Waals surface area contributed by atoms with Crippen molar-refractivity contribution in [2.24, 2.45) is 5.92 Å². The number of hydrogen-bond acceptors (Lipinski definition) is 5. The predicted molar refractivity (Wildman–Crippen MR) is 150 cm³/mol. The number of carbonyl (C=O) groups is 1. The number of carbonyl (C=O) groups excluding carboxylic acids is 1. The zero-order chi connectivity index (χ0) is 27.2. The van der Waals surface area contributed by atoms with E-state index in [1.807, 2.05) is 62.4 Å². The molecule has 1 aliphatic heterocycles. The Kier molecular flexibility index (Phi) is 6.63. The van der Waals surface area contributed by atoms with Gasteiger partial charge in [0, 0.05) is 18.8 Å². The maximum atomic E-state index is 13.4. The van der Waals surface area contributed by atoms with E-state index in [0.29, 0.717) is 41.1 Å². The summed E-state index contributed by atoms with van der Waals surface area (Å²) < 4.78 is 39.2. The second-order valence-electron chi connectivity index (χ2n) is 11.0. The third-order valence-corrected chi connectivity index (χ3v) is 9.92. The molecular formula is C31H34N2O5S. The number of fused-ring (bicyclic) bond motifs is 1. The molecule has 2 fully saturated rings. The topological polar surface area (TPSA) is 84.9 Å². The van der Waals surface area contributed by atoms with Crippen molar-refractivity contribution in [1.29, 1.82) is 0 Å². The van der Waals surface area contributed by atoms with Crippen LogP contribution in [0.1, 0.15) is 50.2 Å². The maximum absolute atomic E-state index is 13.4. The quantitative estimate of drug-likeness (QED) is 0.344. The lowest BCUT2D eigenvalue weighted by Gasteiger charge is -2.21. The molecule has 39 heavy (non-hydrogen) atoms. The summed E-state index contributed by atoms with van der Waals surface area (Å²) in [6.45, 7) is 5.36. The fraction of sp³-hybridized carbons (Fsp3) is 0.387. The lowest BCUT2D eigenvalue weighted by atomic mass is 9.94. The lowest BCUT2D eigenvalue weighted by Crippen LogP contribution is -2.33. The number of sulfonamides is 1. The van der Waals surface area contributed by atoms with Crippen LogP contribution in [0.15, 0.2) is 65.6 Å². The first-order valence-electron chi connectivity index (χ1n) is 13.7. The van der Waals surface area contributed by atoms with Gasteiger partial charge >= 0.3 is 0 Å². The highest BCUT2D eigenvalue weighted by Gasteiger charge is 2.51. The van der Waals surface area contributed by atoms with Gasteiger partial charge in [-0.15, -0.1) is 0 Å². The van der Waals surface area contributed by atoms with E-state index in [4.69, 9.17) is 9.47 Å². The molecule has 6 rings (SSSR count). The average Bonchev–Trinajstić information content (AvgIpc) is 3.87. The fourth-order valence-corrected chi connectivity index (χ4v) is 6.94. The molecule has 0 unspecified atom stereocenters. The highest BCUT2D eigenvalue weighted by molar-refractivity contribution is 7.89. The third kappa shape index (κ3) is 5.03. The molecule has 2 aliphatic carbocycles. The molecule has 0 spiro atoms. The minimum absolute atomic E-state index is 0.0377. The zero-order valence-electron chi connectivity index (χ0n) is 22.4. The van der Waals surface area contributed by atoms with Gasteiger partial charge in [-0.05, 0) is 104 Å². The molecule has 8 heteroatoms. The van der Waals surface area contributed by atoms with Gasteiger partial charge in [-0.25, -0.2) is 8.42 Å². The van der Waals surface area contributed by atoms with Crippen LogP contribution < -0.4 is 14.8 Å². The first-order chi connectivity index (χ1) is 18.8. The van der Waals surface area contributed by atoms with Crippen LogP contribution in [0.3, 0.4) is 0 Å². The minimum atomic E-state index is -3.53. The summed E-state index contributed by atoms with van der Waals surface area (Å²) >= 11 is 0. The molecule has 204 valence electrons. The number of ether oxygens (including phenoxy) is 2. The summed E-state index contributed by atoms with van der Waals surface area (Å²) in [5.74, 6) is 1.84. The van der Waals surface area contributed by atoms with Crippen molar-refractivity contribution in [1.82, 2.24) is 4.31 Å². The Morgan fingerprint density at radius 1 is 1.00 bits per heavy atom. The number of aryl methyl sites for hydroxylation is 1. The average molecular weight is 547 g/mol. The molecule has 3 aromatic carbocycles. The SMILES string of the molecule is CCCN(CC1CC1)S(=O)(=O)c1ccc(-c2cc(NC(=O)C3(c4ccc5c(c4)OCO5)CC3)ccc2C)cc1. The van der Waals surface area contributed by atoms with E-state index >= 15 is 0 Å². The molecule has 0 saturated heterocycles. The van der Waals surface area contributed by atoms with Gasteiger partial charge in [0.05, 0.1) is 10.3 Å². The van der Waals surface area contributed by atoms with Gasteiger partial charge in [-0.2, -0.15) is 4.31 Å². The monoisotopic (exact) mass is 546 g/mol. The summed E-state index contributed by atoms with van der Waals surface area (Å²) in [4.78, 5) is 13.7. The number of amides is 1. The van der Waals surface area contributed by atoms with E-state index in [9.17, 15) is 13.2 Å². The van der Waals surface area contributed by atoms with Crippen LogP contribution in [0.25, 0.3) is 11.1 Å². The third-order valence-electron chi connectivity index (χ3n) is 8.04. The molecule has 2 saturated carbocycles. The van der Waals surface area contributed by atoms with Crippen molar-refractivity contribution in [3.63, 3.8) is 0 Å². The van der Waals surface area contributed by atoms with Gasteiger partial charge in [0.1, 0.15) is 0 Å². The largest absolute Gasteiger partial charge is 0.454 e. The number of rotatable bonds is 10. The van der Waals surface area contributed by atoms with Crippen molar-refractivity contribution < 1.29 is 22.7 Å². The highest BCUT2D eigenvalue weighted by atomic mass is 32.2. The van der Waals surface area contributed by atoms with E-state index in [-0.39, 0.29) is 12.7 Å². The van der Waals surface area contributed by atoms with Gasteiger partial charge in [0.2, 0.25) is 22.7 Å². The second kappa shape index (κ2) is 9.99. The van der Waals surface area contributed by atoms with Gasteiger partial charge in [0.25, 0.3) is 0 Å². The molecule has 3 aliphatic rings. The summed E-state index contributed by atoms with van der Waals surface area (Å²) in [7, 11) is -3.53. The van der Waals surface area contributed by atoms with Crippen molar-refractivity contribution in [3.05, 3.63) is 71.8 Å². The smallest absolute Gasteiger partial charge is 0.243 e. The van der Waals surface area contributed by atoms with Crippen molar-refractivity contribution in [2.45, 2.75) is 56.3 Å². The number of anilines is 1. The first-order valence-corrected chi connectivity index (χ1v) is 15.2. The number of nitrogens with one attached hydrogen (secondary N) is 1. The molecular weight excluding hydrogens is 512 g/mol. The summed E-state index contributed by atoms with van der Waals surface area (Å²) in [5.41, 5.74) is 3.99. The molecule has 1 N–H and O–H groups in total. The van der Waals surface area contributed by atoms with E-state index in [1.165, 1.54) is 0 Å². The Labute approximate surface area is 230 Å². The van der Waals surface area contributed by atoms with Gasteiger partial charge in [0.15, 0.2) is 11.5 Å². The molecule has 0 aromatic heterocycles. The van der Waals surface area contributed by atoms with E-state index < -0.39 is 15.4 Å². The van der Waals surface area contributed by atoms with E-state index in [1.54, 1.807) is 16.4 Å². The van der Waals surface area contributed by atoms with Crippen LogP contribution in [0, 0.1) is 12.8 Å². The van der Waals surface area contributed by atoms with Gasteiger partial charge < -0.3 is 14.8 Å². The van der Waals surface area contributed by atoms with Crippen LogP contribution in [-0.4, -0.2) is 38.5 Å². The normalized spacial score (nSPS) is 17.3. The van der Waals surface area contributed by atoms with Crippen LogP contribution in [-0.2, 0) is 20.2 Å². The Hall–Kier alpha value is -3.36. The van der Waals surface area contributed by atoms with Gasteiger partial charge in [-0.3, -0.25) is 4.79 Å². The first kappa shape index (κ1) is 25.9. The molecule has 0 radical (unpaired) electrons. The predicted octanol–water partition coefficient (Wildman–Crippen LogP) is 5.87. The summed E-state index contributed by atoms with van der Waals surface area (Å²) in [6, 6.07) is 18.7. The Morgan fingerprint density at radius 3 is 2.44 bits per heavy atom. The molecule has 7 nitrogen and oxygen atoms in total. The van der Waals surface area contributed by atoms with Crippen molar-refractivity contribution >= 4 is 21.6 Å². The number of benzene rings is 3. The molecule has 3 aromatic rings. The molecule has 1 amide bonds. The Morgan fingerprint density at radius 2 is 1.74 bits per heavy atom. The maximum Gasteiger partial charge on any atom is 0.243 e. The fourth-order valence-electron chi connectivity index (χ4n) is 5.33. The van der Waals surface area contributed by atoms with E-state index in [2.05, 4.69) is 5.32 Å². The number of nitrogens with zero attached hydrogens (tertiary/aromatic N) is 1. The second-order valence-corrected chi connectivity index (χ2v) is 12.9. The zero-order valence-corrected chi connectivity index (χ0v) is 23.2. The van der Waals surface area contributed by atoms with Gasteiger partial charge in [-0.1, -0.05) is 31.2 Å². The Bertz CT molecular complexity index is 1510. The van der Waals surface area contributed by atoms with Crippen molar-refractivity contribution in [2.75, 3.05) is 25.2 Å². The van der Waals surface area contributed by atoms with E-state index in [0.717, 1.165) is 54.4 Å². The van der Waals surface area contributed by atoms with Crippen LogP contribution in [0.2, 0.25) is 0 Å².